The number of carbonyl (C=O) groups is 3. The third kappa shape index (κ3) is 7.81. The molecule has 0 aliphatic heterocycles. The quantitative estimate of drug-likeness (QED) is 0.500. The summed E-state index contributed by atoms with van der Waals surface area (Å²) in [6.45, 7) is 8.23. The standard InChI is InChI=1S/C29H33N3O3/c1-21-9-8-12-25(17-21)31-26(33)18-30-27(34)20-32(19-22-10-6-5-7-11-22)28(35)23-13-15-24(16-14-23)29(2,3)4/h5-17H,18-20H2,1-4H3,(H,30,34)(H,31,33). The van der Waals surface area contributed by atoms with Gasteiger partial charge in [0.05, 0.1) is 6.54 Å². The van der Waals surface area contributed by atoms with Crippen molar-refractivity contribution in [2.24, 2.45) is 0 Å². The largest absolute Gasteiger partial charge is 0.345 e. The summed E-state index contributed by atoms with van der Waals surface area (Å²) >= 11 is 0. The molecule has 6 nitrogen and oxygen atoms in total. The highest BCUT2D eigenvalue weighted by atomic mass is 16.2. The van der Waals surface area contributed by atoms with Crippen molar-refractivity contribution in [1.82, 2.24) is 10.2 Å². The number of nitrogens with zero attached hydrogens (tertiary/aromatic N) is 1. The predicted octanol–water partition coefficient (Wildman–Crippen LogP) is 4.69. The number of nitrogens with one attached hydrogen (secondary N) is 2. The number of hydrogen-bond acceptors (Lipinski definition) is 3. The molecule has 0 fully saturated rings. The molecule has 0 aliphatic rings. The van der Waals surface area contributed by atoms with Crippen LogP contribution in [0.15, 0.2) is 78.9 Å². The number of aryl methyl sites for hydroxylation is 1. The van der Waals surface area contributed by atoms with E-state index in [1.165, 1.54) is 4.90 Å². The molecular formula is C29H33N3O3. The number of benzene rings is 3. The third-order valence-electron chi connectivity index (χ3n) is 5.58. The molecule has 2 N–H and O–H groups in total. The summed E-state index contributed by atoms with van der Waals surface area (Å²) in [5, 5.41) is 5.39. The van der Waals surface area contributed by atoms with E-state index in [0.717, 1.165) is 16.7 Å². The molecule has 35 heavy (non-hydrogen) atoms. The molecule has 0 aromatic heterocycles. The maximum atomic E-state index is 13.3. The normalized spacial score (nSPS) is 11.0. The Labute approximate surface area is 207 Å². The van der Waals surface area contributed by atoms with Crippen LogP contribution < -0.4 is 10.6 Å². The van der Waals surface area contributed by atoms with Crippen LogP contribution in [0.2, 0.25) is 0 Å². The van der Waals surface area contributed by atoms with E-state index in [0.29, 0.717) is 11.3 Å². The van der Waals surface area contributed by atoms with Crippen molar-refractivity contribution in [2.75, 3.05) is 18.4 Å². The molecule has 3 aromatic rings. The van der Waals surface area contributed by atoms with Crippen LogP contribution in [0.3, 0.4) is 0 Å². The van der Waals surface area contributed by atoms with Crippen LogP contribution in [0, 0.1) is 6.92 Å². The van der Waals surface area contributed by atoms with Gasteiger partial charge < -0.3 is 15.5 Å². The third-order valence-corrected chi connectivity index (χ3v) is 5.58. The van der Waals surface area contributed by atoms with E-state index in [-0.39, 0.29) is 36.9 Å². The second kappa shape index (κ2) is 11.5. The number of hydrogen-bond donors (Lipinski definition) is 2. The Morgan fingerprint density at radius 2 is 1.51 bits per heavy atom. The SMILES string of the molecule is Cc1cccc(NC(=O)CNC(=O)CN(Cc2ccccc2)C(=O)c2ccc(C(C)(C)C)cc2)c1. The van der Waals surface area contributed by atoms with Gasteiger partial charge in [-0.2, -0.15) is 0 Å². The molecule has 0 atom stereocenters. The highest BCUT2D eigenvalue weighted by molar-refractivity contribution is 5.98. The van der Waals surface area contributed by atoms with E-state index < -0.39 is 5.91 Å². The van der Waals surface area contributed by atoms with Crippen molar-refractivity contribution in [3.63, 3.8) is 0 Å². The lowest BCUT2D eigenvalue weighted by Gasteiger charge is -2.23. The van der Waals surface area contributed by atoms with E-state index in [9.17, 15) is 14.4 Å². The number of rotatable bonds is 8. The summed E-state index contributed by atoms with van der Waals surface area (Å²) in [5.74, 6) is -0.976. The lowest BCUT2D eigenvalue weighted by Crippen LogP contribution is -2.42. The first-order valence-electron chi connectivity index (χ1n) is 11.7. The molecule has 0 unspecified atom stereocenters. The van der Waals surface area contributed by atoms with Gasteiger partial charge in [0.15, 0.2) is 0 Å². The minimum atomic E-state index is -0.403. The summed E-state index contributed by atoms with van der Waals surface area (Å²) in [6, 6.07) is 24.4. The van der Waals surface area contributed by atoms with Gasteiger partial charge >= 0.3 is 0 Å². The molecule has 3 rings (SSSR count). The molecule has 3 amide bonds. The zero-order chi connectivity index (χ0) is 25.4. The average molecular weight is 472 g/mol. The maximum absolute atomic E-state index is 13.3. The van der Waals surface area contributed by atoms with Crippen LogP contribution in [0.25, 0.3) is 0 Å². The number of carbonyl (C=O) groups excluding carboxylic acids is 3. The van der Waals surface area contributed by atoms with Crippen LogP contribution >= 0.6 is 0 Å². The Morgan fingerprint density at radius 3 is 2.14 bits per heavy atom. The first kappa shape index (κ1) is 25.7. The second-order valence-corrected chi connectivity index (χ2v) is 9.67. The lowest BCUT2D eigenvalue weighted by atomic mass is 9.86. The second-order valence-electron chi connectivity index (χ2n) is 9.67. The Morgan fingerprint density at radius 1 is 0.829 bits per heavy atom. The first-order chi connectivity index (χ1) is 16.6. The van der Waals surface area contributed by atoms with Crippen molar-refractivity contribution in [3.8, 4) is 0 Å². The van der Waals surface area contributed by atoms with E-state index in [1.807, 2.05) is 67.6 Å². The Balaban J connectivity index is 1.66. The highest BCUT2D eigenvalue weighted by Crippen LogP contribution is 2.22. The van der Waals surface area contributed by atoms with Gasteiger partial charge in [0, 0.05) is 17.8 Å². The summed E-state index contributed by atoms with van der Waals surface area (Å²) in [7, 11) is 0. The molecule has 0 aliphatic carbocycles. The fourth-order valence-electron chi connectivity index (χ4n) is 3.63. The summed E-state index contributed by atoms with van der Waals surface area (Å²) < 4.78 is 0. The molecule has 0 bridgehead atoms. The van der Waals surface area contributed by atoms with E-state index in [1.54, 1.807) is 18.2 Å². The summed E-state index contributed by atoms with van der Waals surface area (Å²) in [5.41, 5.74) is 4.22. The fraction of sp³-hybridized carbons (Fsp3) is 0.276. The van der Waals surface area contributed by atoms with E-state index >= 15 is 0 Å². The van der Waals surface area contributed by atoms with Crippen molar-refractivity contribution in [1.29, 1.82) is 0 Å². The summed E-state index contributed by atoms with van der Waals surface area (Å²) in [4.78, 5) is 39.8. The van der Waals surface area contributed by atoms with Gasteiger partial charge in [0.25, 0.3) is 5.91 Å². The molecule has 3 aromatic carbocycles. The van der Waals surface area contributed by atoms with Crippen LogP contribution in [0.1, 0.15) is 47.8 Å². The minimum absolute atomic E-state index is 0.0236. The van der Waals surface area contributed by atoms with Crippen LogP contribution in [0.4, 0.5) is 5.69 Å². The van der Waals surface area contributed by atoms with E-state index in [4.69, 9.17) is 0 Å². The summed E-state index contributed by atoms with van der Waals surface area (Å²) in [6.07, 6.45) is 0. The van der Waals surface area contributed by atoms with Crippen molar-refractivity contribution in [2.45, 2.75) is 39.7 Å². The molecule has 0 radical (unpaired) electrons. The maximum Gasteiger partial charge on any atom is 0.254 e. The van der Waals surface area contributed by atoms with Gasteiger partial charge in [-0.05, 0) is 53.3 Å². The monoisotopic (exact) mass is 471 g/mol. The van der Waals surface area contributed by atoms with Crippen molar-refractivity contribution in [3.05, 3.63) is 101 Å². The van der Waals surface area contributed by atoms with Crippen molar-refractivity contribution < 1.29 is 14.4 Å². The number of amides is 3. The van der Waals surface area contributed by atoms with Gasteiger partial charge in [-0.1, -0.05) is 75.4 Å². The average Bonchev–Trinajstić information content (AvgIpc) is 2.82. The first-order valence-corrected chi connectivity index (χ1v) is 11.7. The Hall–Kier alpha value is -3.93. The topological polar surface area (TPSA) is 78.5 Å². The lowest BCUT2D eigenvalue weighted by molar-refractivity contribution is -0.124. The van der Waals surface area contributed by atoms with E-state index in [2.05, 4.69) is 31.4 Å². The highest BCUT2D eigenvalue weighted by Gasteiger charge is 2.21. The fourth-order valence-corrected chi connectivity index (χ4v) is 3.63. The predicted molar refractivity (Wildman–Crippen MR) is 139 cm³/mol. The number of anilines is 1. The molecule has 182 valence electrons. The molecule has 0 saturated heterocycles. The van der Waals surface area contributed by atoms with Gasteiger partial charge in [-0.3, -0.25) is 14.4 Å². The molecule has 0 heterocycles. The van der Waals surface area contributed by atoms with Crippen LogP contribution in [-0.2, 0) is 21.5 Å². The Bertz CT molecular complexity index is 1170. The van der Waals surface area contributed by atoms with Crippen LogP contribution in [-0.4, -0.2) is 35.7 Å². The zero-order valence-corrected chi connectivity index (χ0v) is 20.8. The molecule has 0 spiro atoms. The molecule has 0 saturated carbocycles. The van der Waals surface area contributed by atoms with Gasteiger partial charge in [-0.15, -0.1) is 0 Å². The van der Waals surface area contributed by atoms with Crippen molar-refractivity contribution >= 4 is 23.4 Å². The van der Waals surface area contributed by atoms with Crippen LogP contribution in [0.5, 0.6) is 0 Å². The Kier molecular flexibility index (Phi) is 8.42. The molecular weight excluding hydrogens is 438 g/mol. The van der Waals surface area contributed by atoms with Gasteiger partial charge in [-0.25, -0.2) is 0 Å². The minimum Gasteiger partial charge on any atom is -0.345 e. The zero-order valence-electron chi connectivity index (χ0n) is 20.8. The van der Waals surface area contributed by atoms with Gasteiger partial charge in [0.2, 0.25) is 11.8 Å². The van der Waals surface area contributed by atoms with Gasteiger partial charge in [0.1, 0.15) is 6.54 Å². The molecule has 6 heteroatoms. The smallest absolute Gasteiger partial charge is 0.254 e.